The molecule has 4 nitrogen and oxygen atoms in total. The van der Waals surface area contributed by atoms with Crippen LogP contribution in [0.1, 0.15) is 16.3 Å². The highest BCUT2D eigenvalue weighted by atomic mass is 19.4. The lowest BCUT2D eigenvalue weighted by Crippen LogP contribution is -2.10. The molecule has 0 fully saturated rings. The lowest BCUT2D eigenvalue weighted by molar-refractivity contribution is -0.152. The second-order valence-electron chi connectivity index (χ2n) is 4.50. The summed E-state index contributed by atoms with van der Waals surface area (Å²) in [5, 5.41) is -0.00504. The van der Waals surface area contributed by atoms with Crippen LogP contribution in [0.25, 0.3) is 22.3 Å². The van der Waals surface area contributed by atoms with Crippen LogP contribution in [0.5, 0.6) is 0 Å². The van der Waals surface area contributed by atoms with Gasteiger partial charge in [-0.1, -0.05) is 0 Å². The van der Waals surface area contributed by atoms with Gasteiger partial charge in [0.15, 0.2) is 17.5 Å². The highest BCUT2D eigenvalue weighted by molar-refractivity contribution is 5.82. The monoisotopic (exact) mass is 308 g/mol. The molecule has 2 aromatic heterocycles. The van der Waals surface area contributed by atoms with Crippen LogP contribution < -0.4 is 5.43 Å². The van der Waals surface area contributed by atoms with E-state index in [9.17, 15) is 22.8 Å². The number of furan rings is 1. The van der Waals surface area contributed by atoms with Crippen molar-refractivity contribution in [2.24, 2.45) is 0 Å². The smallest absolute Gasteiger partial charge is 0.449 e. The zero-order valence-corrected chi connectivity index (χ0v) is 10.8. The Morgan fingerprint density at radius 2 is 1.77 bits per heavy atom. The molecule has 0 amide bonds. The number of carbonyl (C=O) groups is 1. The fourth-order valence-corrected chi connectivity index (χ4v) is 2.02. The van der Waals surface area contributed by atoms with E-state index in [1.54, 1.807) is 0 Å². The SMILES string of the molecule is O=Cc1ccc(-c2ccc3oc(C(F)(F)F)cc(=O)c3c2)o1. The van der Waals surface area contributed by atoms with Gasteiger partial charge in [-0.3, -0.25) is 9.59 Å². The first-order chi connectivity index (χ1) is 10.4. The summed E-state index contributed by atoms with van der Waals surface area (Å²) in [6.45, 7) is 0. The average Bonchev–Trinajstić information content (AvgIpc) is 2.95. The lowest BCUT2D eigenvalue weighted by Gasteiger charge is -2.06. The highest BCUT2D eigenvalue weighted by Gasteiger charge is 2.34. The molecular formula is C15H7F3O4. The van der Waals surface area contributed by atoms with Crippen molar-refractivity contribution in [1.29, 1.82) is 0 Å². The van der Waals surface area contributed by atoms with Crippen LogP contribution >= 0.6 is 0 Å². The summed E-state index contributed by atoms with van der Waals surface area (Å²) in [6.07, 6.45) is -4.21. The fourth-order valence-electron chi connectivity index (χ4n) is 2.02. The van der Waals surface area contributed by atoms with E-state index < -0.39 is 17.4 Å². The largest absolute Gasteiger partial charge is 0.453 e. The second kappa shape index (κ2) is 4.87. The van der Waals surface area contributed by atoms with Gasteiger partial charge in [-0.15, -0.1) is 0 Å². The van der Waals surface area contributed by atoms with Crippen LogP contribution in [0.3, 0.4) is 0 Å². The number of fused-ring (bicyclic) bond motifs is 1. The summed E-state index contributed by atoms with van der Waals surface area (Å²) in [4.78, 5) is 22.4. The molecule has 0 aliphatic carbocycles. The summed E-state index contributed by atoms with van der Waals surface area (Å²) >= 11 is 0. The predicted molar refractivity (Wildman–Crippen MR) is 70.6 cm³/mol. The molecule has 7 heteroatoms. The highest BCUT2D eigenvalue weighted by Crippen LogP contribution is 2.31. The molecule has 0 saturated carbocycles. The number of rotatable bonds is 2. The van der Waals surface area contributed by atoms with Crippen molar-refractivity contribution in [3.8, 4) is 11.3 Å². The summed E-state index contributed by atoms with van der Waals surface area (Å²) in [7, 11) is 0. The first-order valence-electron chi connectivity index (χ1n) is 6.09. The molecule has 3 aromatic rings. The molecule has 0 atom stereocenters. The summed E-state index contributed by atoms with van der Waals surface area (Å²) in [5.41, 5.74) is -0.531. The van der Waals surface area contributed by atoms with Crippen LogP contribution in [0.15, 0.2) is 50.0 Å². The second-order valence-corrected chi connectivity index (χ2v) is 4.50. The molecular weight excluding hydrogens is 301 g/mol. The van der Waals surface area contributed by atoms with Gasteiger partial charge in [-0.05, 0) is 30.3 Å². The van der Waals surface area contributed by atoms with Crippen LogP contribution in [0.2, 0.25) is 0 Å². The van der Waals surface area contributed by atoms with Crippen LogP contribution in [0, 0.1) is 0 Å². The van der Waals surface area contributed by atoms with E-state index in [1.807, 2.05) is 0 Å². The Morgan fingerprint density at radius 1 is 1.00 bits per heavy atom. The van der Waals surface area contributed by atoms with Gasteiger partial charge in [0.05, 0.1) is 5.39 Å². The van der Waals surface area contributed by atoms with E-state index in [-0.39, 0.29) is 16.7 Å². The molecule has 0 aliphatic rings. The van der Waals surface area contributed by atoms with E-state index in [0.717, 1.165) is 0 Å². The molecule has 3 rings (SSSR count). The molecule has 112 valence electrons. The van der Waals surface area contributed by atoms with Crippen molar-refractivity contribution >= 4 is 17.3 Å². The third kappa shape index (κ3) is 2.41. The van der Waals surface area contributed by atoms with Crippen molar-refractivity contribution in [1.82, 2.24) is 0 Å². The van der Waals surface area contributed by atoms with E-state index in [0.29, 0.717) is 23.7 Å². The van der Waals surface area contributed by atoms with Crippen molar-refractivity contribution in [2.75, 3.05) is 0 Å². The first-order valence-corrected chi connectivity index (χ1v) is 6.09. The molecule has 0 spiro atoms. The number of aldehydes is 1. The topological polar surface area (TPSA) is 60.4 Å². The molecule has 2 heterocycles. The summed E-state index contributed by atoms with van der Waals surface area (Å²) in [6, 6.07) is 7.43. The standard InChI is InChI=1S/C15H7F3O4/c16-15(17,18)14-6-11(20)10-5-8(1-3-13(10)22-14)12-4-2-9(7-19)21-12/h1-7H. The number of hydrogen-bond donors (Lipinski definition) is 0. The van der Waals surface area contributed by atoms with Gasteiger partial charge in [0.2, 0.25) is 5.76 Å². The number of benzene rings is 1. The molecule has 0 radical (unpaired) electrons. The Balaban J connectivity index is 2.16. The Kier molecular flexibility index (Phi) is 3.13. The van der Waals surface area contributed by atoms with Gasteiger partial charge in [0.1, 0.15) is 11.3 Å². The van der Waals surface area contributed by atoms with Crippen LogP contribution in [-0.4, -0.2) is 6.29 Å². The average molecular weight is 308 g/mol. The molecule has 0 N–H and O–H groups in total. The summed E-state index contributed by atoms with van der Waals surface area (Å²) < 4.78 is 47.7. The van der Waals surface area contributed by atoms with Gasteiger partial charge >= 0.3 is 6.18 Å². The summed E-state index contributed by atoms with van der Waals surface area (Å²) in [5.74, 6) is -0.920. The number of alkyl halides is 3. The minimum atomic E-state index is -4.73. The molecule has 22 heavy (non-hydrogen) atoms. The van der Waals surface area contributed by atoms with Gasteiger partial charge in [0.25, 0.3) is 0 Å². The van der Waals surface area contributed by atoms with Gasteiger partial charge in [0, 0.05) is 11.6 Å². The number of carbonyl (C=O) groups excluding carboxylic acids is 1. The Morgan fingerprint density at radius 3 is 2.41 bits per heavy atom. The lowest BCUT2D eigenvalue weighted by atomic mass is 10.1. The maximum atomic E-state index is 12.6. The Hall–Kier alpha value is -2.83. The van der Waals surface area contributed by atoms with Gasteiger partial charge < -0.3 is 8.83 Å². The maximum absolute atomic E-state index is 12.6. The first kappa shape index (κ1) is 14.1. The Bertz CT molecular complexity index is 918. The zero-order valence-electron chi connectivity index (χ0n) is 10.8. The van der Waals surface area contributed by atoms with E-state index in [4.69, 9.17) is 8.83 Å². The van der Waals surface area contributed by atoms with E-state index in [2.05, 4.69) is 0 Å². The quantitative estimate of drug-likeness (QED) is 0.674. The van der Waals surface area contributed by atoms with Gasteiger partial charge in [-0.25, -0.2) is 0 Å². The van der Waals surface area contributed by atoms with Crippen molar-refractivity contribution in [3.63, 3.8) is 0 Å². The van der Waals surface area contributed by atoms with Crippen molar-refractivity contribution < 1.29 is 26.8 Å². The normalized spacial score (nSPS) is 11.8. The molecule has 0 bridgehead atoms. The van der Waals surface area contributed by atoms with Crippen molar-refractivity contribution in [3.05, 3.63) is 58.1 Å². The molecule has 0 aliphatic heterocycles. The van der Waals surface area contributed by atoms with E-state index in [1.165, 1.54) is 30.3 Å². The molecule has 1 aromatic carbocycles. The maximum Gasteiger partial charge on any atom is 0.449 e. The number of halogens is 3. The van der Waals surface area contributed by atoms with Crippen molar-refractivity contribution in [2.45, 2.75) is 6.18 Å². The number of hydrogen-bond acceptors (Lipinski definition) is 4. The molecule has 0 saturated heterocycles. The Labute approximate surface area is 120 Å². The van der Waals surface area contributed by atoms with Gasteiger partial charge in [-0.2, -0.15) is 13.2 Å². The third-order valence-electron chi connectivity index (χ3n) is 3.03. The minimum Gasteiger partial charge on any atom is -0.453 e. The van der Waals surface area contributed by atoms with Crippen LogP contribution in [-0.2, 0) is 6.18 Å². The molecule has 0 unspecified atom stereocenters. The third-order valence-corrected chi connectivity index (χ3v) is 3.03. The fraction of sp³-hybridized carbons (Fsp3) is 0.0667. The zero-order chi connectivity index (χ0) is 15.9. The van der Waals surface area contributed by atoms with Crippen LogP contribution in [0.4, 0.5) is 13.2 Å². The predicted octanol–water partition coefficient (Wildman–Crippen LogP) is 3.88. The van der Waals surface area contributed by atoms with E-state index >= 15 is 0 Å². The minimum absolute atomic E-state index is 0.00504.